The Labute approximate surface area is 195 Å². The number of alkyl halides is 3. The molecule has 4 rings (SSSR count). The van der Waals surface area contributed by atoms with Crippen LogP contribution >= 0.6 is 0 Å². The van der Waals surface area contributed by atoms with Crippen molar-refractivity contribution in [1.82, 2.24) is 15.4 Å². The number of halogens is 3. The summed E-state index contributed by atoms with van der Waals surface area (Å²) in [6, 6.07) is 4.86. The van der Waals surface area contributed by atoms with E-state index < -0.39 is 17.5 Å². The molecule has 4 N–H and O–H groups in total. The van der Waals surface area contributed by atoms with Gasteiger partial charge in [-0.3, -0.25) is 9.59 Å². The van der Waals surface area contributed by atoms with Crippen molar-refractivity contribution in [3.63, 3.8) is 0 Å². The van der Waals surface area contributed by atoms with Crippen LogP contribution in [-0.2, 0) is 17.4 Å². The number of aryl methyl sites for hydroxylation is 1. The van der Waals surface area contributed by atoms with E-state index in [0.717, 1.165) is 30.7 Å². The van der Waals surface area contributed by atoms with Crippen molar-refractivity contribution in [2.75, 3.05) is 20.1 Å². The molecule has 34 heavy (non-hydrogen) atoms. The SMILES string of the molecule is CN.O=C(NC1CCN(C(=O)CCc2ccc(O)c(C(F)(F)F)c2)CC1)c1cc(C2CC2)on1. The molecule has 0 atom stereocenters. The number of carbonyl (C=O) groups excluding carboxylic acids is 2. The van der Waals surface area contributed by atoms with Crippen LogP contribution in [0.1, 0.15) is 65.4 Å². The second-order valence-electron chi connectivity index (χ2n) is 8.37. The third-order valence-corrected chi connectivity index (χ3v) is 5.92. The molecule has 2 heterocycles. The van der Waals surface area contributed by atoms with Crippen LogP contribution < -0.4 is 11.1 Å². The molecule has 0 bridgehead atoms. The molecule has 11 heteroatoms. The molecule has 1 saturated carbocycles. The average Bonchev–Trinajstić information content (AvgIpc) is 3.55. The van der Waals surface area contributed by atoms with Crippen molar-refractivity contribution in [1.29, 1.82) is 0 Å². The zero-order chi connectivity index (χ0) is 24.9. The molecule has 1 saturated heterocycles. The standard InChI is InChI=1S/C22H24F3N3O4.CH5N/c23-22(24,25)16-11-13(1-5-18(16)29)2-6-20(30)28-9-7-15(8-10-28)26-21(31)17-12-19(32-27-17)14-3-4-14;1-2/h1,5,11-12,14-15,29H,2-4,6-10H2,(H,26,31);2H2,1H3. The number of piperidine rings is 1. The van der Waals surface area contributed by atoms with Gasteiger partial charge in [0.1, 0.15) is 11.5 Å². The molecule has 8 nitrogen and oxygen atoms in total. The summed E-state index contributed by atoms with van der Waals surface area (Å²) in [4.78, 5) is 26.5. The molecule has 0 spiro atoms. The Bertz CT molecular complexity index is 996. The zero-order valence-corrected chi connectivity index (χ0v) is 18.9. The number of nitrogens with one attached hydrogen (secondary N) is 1. The topological polar surface area (TPSA) is 122 Å². The highest BCUT2D eigenvalue weighted by Crippen LogP contribution is 2.40. The number of phenolic OH excluding ortho intramolecular Hbond substituents is 1. The van der Waals surface area contributed by atoms with E-state index in [1.165, 1.54) is 13.1 Å². The van der Waals surface area contributed by atoms with E-state index in [0.29, 0.717) is 37.4 Å². The summed E-state index contributed by atoms with van der Waals surface area (Å²) in [5.74, 6) is -0.155. The van der Waals surface area contributed by atoms with Gasteiger partial charge in [0.25, 0.3) is 5.91 Å². The fraction of sp³-hybridized carbons (Fsp3) is 0.522. The summed E-state index contributed by atoms with van der Waals surface area (Å²) in [6.45, 7) is 0.915. The van der Waals surface area contributed by atoms with E-state index in [4.69, 9.17) is 4.52 Å². The molecule has 186 valence electrons. The first-order chi connectivity index (χ1) is 16.2. The Morgan fingerprint density at radius 3 is 2.47 bits per heavy atom. The number of carbonyl (C=O) groups is 2. The molecule has 1 aromatic carbocycles. The fourth-order valence-electron chi connectivity index (χ4n) is 3.86. The molecule has 1 aromatic heterocycles. The van der Waals surface area contributed by atoms with Crippen molar-refractivity contribution < 1.29 is 32.4 Å². The number of benzene rings is 1. The monoisotopic (exact) mass is 482 g/mol. The number of amides is 2. The Balaban J connectivity index is 0.00000158. The Kier molecular flexibility index (Phi) is 8.19. The Hall–Kier alpha value is -3.08. The van der Waals surface area contributed by atoms with Crippen LogP contribution in [-0.4, -0.2) is 53.2 Å². The number of nitrogens with two attached hydrogens (primary N) is 1. The molecule has 1 aliphatic heterocycles. The van der Waals surface area contributed by atoms with Crippen molar-refractivity contribution >= 4 is 11.8 Å². The zero-order valence-electron chi connectivity index (χ0n) is 18.9. The molecule has 2 aliphatic rings. The second kappa shape index (κ2) is 10.9. The number of hydrogen-bond donors (Lipinski definition) is 3. The maximum absolute atomic E-state index is 12.9. The van der Waals surface area contributed by atoms with Crippen molar-refractivity contribution in [3.8, 4) is 5.75 Å². The maximum Gasteiger partial charge on any atom is 0.419 e. The van der Waals surface area contributed by atoms with Gasteiger partial charge in [0.2, 0.25) is 5.91 Å². The molecule has 0 radical (unpaired) electrons. The van der Waals surface area contributed by atoms with Crippen LogP contribution in [0.5, 0.6) is 5.75 Å². The predicted octanol–water partition coefficient (Wildman–Crippen LogP) is 3.20. The molecular weight excluding hydrogens is 453 g/mol. The Morgan fingerprint density at radius 1 is 1.18 bits per heavy atom. The van der Waals surface area contributed by atoms with Crippen LogP contribution in [0, 0.1) is 0 Å². The van der Waals surface area contributed by atoms with Gasteiger partial charge in [0, 0.05) is 37.5 Å². The smallest absolute Gasteiger partial charge is 0.419 e. The summed E-state index contributed by atoms with van der Waals surface area (Å²) < 4.78 is 44.0. The van der Waals surface area contributed by atoms with Gasteiger partial charge in [0.15, 0.2) is 5.69 Å². The van der Waals surface area contributed by atoms with E-state index in [1.807, 2.05) is 0 Å². The first kappa shape index (κ1) is 25.5. The number of nitrogens with zero attached hydrogens (tertiary/aromatic N) is 2. The normalized spacial score (nSPS) is 16.6. The van der Waals surface area contributed by atoms with E-state index in [9.17, 15) is 27.9 Å². The minimum absolute atomic E-state index is 0.0714. The van der Waals surface area contributed by atoms with Gasteiger partial charge in [-0.2, -0.15) is 13.2 Å². The minimum Gasteiger partial charge on any atom is -0.507 e. The number of aromatic nitrogens is 1. The predicted molar refractivity (Wildman–Crippen MR) is 117 cm³/mol. The third-order valence-electron chi connectivity index (χ3n) is 5.92. The summed E-state index contributed by atoms with van der Waals surface area (Å²) >= 11 is 0. The van der Waals surface area contributed by atoms with Crippen molar-refractivity contribution in [2.45, 2.75) is 56.7 Å². The van der Waals surface area contributed by atoms with E-state index in [1.54, 1.807) is 11.0 Å². The lowest BCUT2D eigenvalue weighted by atomic mass is 10.0. The van der Waals surface area contributed by atoms with Gasteiger partial charge in [-0.05, 0) is 56.8 Å². The highest BCUT2D eigenvalue weighted by molar-refractivity contribution is 5.92. The second-order valence-corrected chi connectivity index (χ2v) is 8.37. The van der Waals surface area contributed by atoms with Gasteiger partial charge in [-0.25, -0.2) is 0 Å². The molecule has 0 unspecified atom stereocenters. The molecule has 2 aromatic rings. The number of phenols is 1. The number of aromatic hydroxyl groups is 1. The van der Waals surface area contributed by atoms with Crippen LogP contribution in [0.15, 0.2) is 28.8 Å². The minimum atomic E-state index is -4.65. The Morgan fingerprint density at radius 2 is 1.85 bits per heavy atom. The van der Waals surface area contributed by atoms with Gasteiger partial charge in [-0.15, -0.1) is 0 Å². The third kappa shape index (κ3) is 6.49. The van der Waals surface area contributed by atoms with Crippen molar-refractivity contribution in [3.05, 3.63) is 46.8 Å². The lowest BCUT2D eigenvalue weighted by Crippen LogP contribution is -2.46. The molecular formula is C23H29F3N4O4. The first-order valence-corrected chi connectivity index (χ1v) is 11.2. The number of rotatable bonds is 6. The van der Waals surface area contributed by atoms with Crippen LogP contribution in [0.2, 0.25) is 0 Å². The van der Waals surface area contributed by atoms with Gasteiger partial charge >= 0.3 is 6.18 Å². The van der Waals surface area contributed by atoms with Gasteiger partial charge in [0.05, 0.1) is 5.56 Å². The average molecular weight is 483 g/mol. The van der Waals surface area contributed by atoms with E-state index in [-0.39, 0.29) is 36.4 Å². The van der Waals surface area contributed by atoms with E-state index >= 15 is 0 Å². The lowest BCUT2D eigenvalue weighted by Gasteiger charge is -2.32. The van der Waals surface area contributed by atoms with Crippen LogP contribution in [0.4, 0.5) is 13.2 Å². The van der Waals surface area contributed by atoms with Gasteiger partial charge < -0.3 is 25.6 Å². The summed E-state index contributed by atoms with van der Waals surface area (Å²) in [7, 11) is 1.50. The highest BCUT2D eigenvalue weighted by atomic mass is 19.4. The fourth-order valence-corrected chi connectivity index (χ4v) is 3.86. The van der Waals surface area contributed by atoms with Gasteiger partial charge in [-0.1, -0.05) is 11.2 Å². The number of hydrogen-bond acceptors (Lipinski definition) is 6. The first-order valence-electron chi connectivity index (χ1n) is 11.2. The highest BCUT2D eigenvalue weighted by Gasteiger charge is 2.34. The quantitative estimate of drug-likeness (QED) is 0.581. The summed E-state index contributed by atoms with van der Waals surface area (Å²) in [5.41, 5.74) is 4.00. The summed E-state index contributed by atoms with van der Waals surface area (Å²) in [5, 5.41) is 16.2. The number of likely N-dealkylation sites (tertiary alicyclic amines) is 1. The molecule has 1 aliphatic carbocycles. The molecule has 2 amide bonds. The summed E-state index contributed by atoms with van der Waals surface area (Å²) in [6.07, 6.45) is -1.15. The largest absolute Gasteiger partial charge is 0.507 e. The van der Waals surface area contributed by atoms with Crippen LogP contribution in [0.3, 0.4) is 0 Å². The molecule has 2 fully saturated rings. The maximum atomic E-state index is 12.9. The van der Waals surface area contributed by atoms with E-state index in [2.05, 4.69) is 16.2 Å². The lowest BCUT2D eigenvalue weighted by molar-refractivity contribution is -0.138. The van der Waals surface area contributed by atoms with Crippen molar-refractivity contribution in [2.24, 2.45) is 5.73 Å². The van der Waals surface area contributed by atoms with Crippen LogP contribution in [0.25, 0.3) is 0 Å².